The average molecular weight is 455 g/mol. The number of rotatable bonds is 3. The van der Waals surface area contributed by atoms with E-state index in [1.54, 1.807) is 0 Å². The van der Waals surface area contributed by atoms with E-state index in [4.69, 9.17) is 19.2 Å². The monoisotopic (exact) mass is 454 g/mol. The lowest BCUT2D eigenvalue weighted by Crippen LogP contribution is -2.63. The van der Waals surface area contributed by atoms with Crippen molar-refractivity contribution in [3.8, 4) is 5.75 Å². The van der Waals surface area contributed by atoms with E-state index in [1.165, 1.54) is 19.6 Å². The first-order chi connectivity index (χ1) is 15.9. The molecule has 0 aromatic heterocycles. The highest BCUT2D eigenvalue weighted by molar-refractivity contribution is 5.77. The Labute approximate surface area is 195 Å². The normalized spacial score (nSPS) is 43.2. The number of ether oxygens (including phenoxy) is 2. The van der Waals surface area contributed by atoms with Crippen molar-refractivity contribution in [1.82, 2.24) is 0 Å². The van der Waals surface area contributed by atoms with Gasteiger partial charge in [-0.05, 0) is 99.2 Å². The van der Waals surface area contributed by atoms with Gasteiger partial charge in [-0.1, -0.05) is 12.1 Å². The molecule has 1 heterocycles. The Morgan fingerprint density at radius 1 is 0.970 bits per heavy atom. The van der Waals surface area contributed by atoms with Crippen LogP contribution in [0.1, 0.15) is 82.6 Å². The van der Waals surface area contributed by atoms with Gasteiger partial charge < -0.3 is 9.47 Å². The molecule has 1 aromatic carbocycles. The number of carbonyl (C=O) groups is 2. The summed E-state index contributed by atoms with van der Waals surface area (Å²) in [5, 5.41) is 0. The molecule has 178 valence electrons. The molecule has 4 bridgehead atoms. The van der Waals surface area contributed by atoms with Crippen LogP contribution >= 0.6 is 0 Å². The Morgan fingerprint density at radius 2 is 1.64 bits per heavy atom. The van der Waals surface area contributed by atoms with Crippen molar-refractivity contribution in [2.24, 2.45) is 23.2 Å². The molecular weight excluding hydrogens is 420 g/mol. The predicted molar refractivity (Wildman–Crippen MR) is 119 cm³/mol. The molecule has 6 fully saturated rings. The fraction of sp³-hybridized carbons (Fsp3) is 0.704. The largest absolute Gasteiger partial charge is 0.469 e. The van der Waals surface area contributed by atoms with Crippen LogP contribution in [0.3, 0.4) is 0 Å². The molecule has 1 aromatic rings. The standard InChI is InChI=1S/C27H34O6/c1-17(28)31-23-5-3-19(4-6-23)20-7-9-26(10-8-20)16-27(33-32-26)21-11-18-12-22(27)15-25(13-18,14-21)24(29)30-2/h3-6,18,20-22H,7-16H2,1-2H3/t18?,20-,21?,22?,25?,26+,27-. The number of carbonyl (C=O) groups excluding carboxylic acids is 2. The summed E-state index contributed by atoms with van der Waals surface area (Å²) in [4.78, 5) is 36.5. The van der Waals surface area contributed by atoms with E-state index in [9.17, 15) is 9.59 Å². The van der Waals surface area contributed by atoms with E-state index < -0.39 is 0 Å². The number of hydrogen-bond donors (Lipinski definition) is 0. The van der Waals surface area contributed by atoms with Crippen LogP contribution in [0.25, 0.3) is 0 Å². The molecule has 5 saturated carbocycles. The van der Waals surface area contributed by atoms with Gasteiger partial charge in [0.05, 0.1) is 12.5 Å². The fourth-order valence-corrected chi connectivity index (χ4v) is 8.39. The third kappa shape index (κ3) is 3.35. The summed E-state index contributed by atoms with van der Waals surface area (Å²) < 4.78 is 10.4. The van der Waals surface area contributed by atoms with E-state index in [1.807, 2.05) is 12.1 Å². The number of benzene rings is 1. The van der Waals surface area contributed by atoms with Crippen LogP contribution in [0.2, 0.25) is 0 Å². The second-order valence-electron chi connectivity index (χ2n) is 11.5. The smallest absolute Gasteiger partial charge is 0.311 e. The lowest BCUT2D eigenvalue weighted by atomic mass is 9.43. The third-order valence-electron chi connectivity index (χ3n) is 9.67. The summed E-state index contributed by atoms with van der Waals surface area (Å²) in [6.07, 6.45) is 10.2. The van der Waals surface area contributed by atoms with Gasteiger partial charge in [0.15, 0.2) is 0 Å². The van der Waals surface area contributed by atoms with Gasteiger partial charge in [-0.15, -0.1) is 0 Å². The molecule has 0 radical (unpaired) electrons. The second-order valence-corrected chi connectivity index (χ2v) is 11.5. The predicted octanol–water partition coefficient (Wildman–Crippen LogP) is 5.10. The van der Waals surface area contributed by atoms with Crippen LogP contribution in [0.4, 0.5) is 0 Å². The Morgan fingerprint density at radius 3 is 2.24 bits per heavy atom. The Balaban J connectivity index is 1.14. The molecule has 6 heteroatoms. The van der Waals surface area contributed by atoms with Crippen molar-refractivity contribution < 1.29 is 28.8 Å². The maximum atomic E-state index is 12.7. The van der Waals surface area contributed by atoms with E-state index in [0.29, 0.717) is 29.4 Å². The van der Waals surface area contributed by atoms with Crippen LogP contribution in [0.5, 0.6) is 5.75 Å². The van der Waals surface area contributed by atoms with E-state index in [-0.39, 0.29) is 28.6 Å². The first-order valence-corrected chi connectivity index (χ1v) is 12.6. The first kappa shape index (κ1) is 21.6. The van der Waals surface area contributed by atoms with E-state index in [0.717, 1.165) is 64.2 Å². The van der Waals surface area contributed by atoms with Crippen LogP contribution in [0, 0.1) is 23.2 Å². The molecule has 2 atom stereocenters. The molecule has 6 aliphatic rings. The lowest BCUT2D eigenvalue weighted by Gasteiger charge is -2.61. The minimum atomic E-state index is -0.294. The molecule has 6 nitrogen and oxygen atoms in total. The van der Waals surface area contributed by atoms with Crippen molar-refractivity contribution >= 4 is 11.9 Å². The van der Waals surface area contributed by atoms with Gasteiger partial charge in [0.25, 0.3) is 0 Å². The van der Waals surface area contributed by atoms with Crippen molar-refractivity contribution in [2.75, 3.05) is 7.11 Å². The van der Waals surface area contributed by atoms with Gasteiger partial charge >= 0.3 is 11.9 Å². The zero-order valence-corrected chi connectivity index (χ0v) is 19.6. The molecule has 7 rings (SSSR count). The van der Waals surface area contributed by atoms with Crippen molar-refractivity contribution in [1.29, 1.82) is 0 Å². The molecule has 5 aliphatic carbocycles. The minimum absolute atomic E-state index is 0.00870. The van der Waals surface area contributed by atoms with Gasteiger partial charge in [-0.25, -0.2) is 9.78 Å². The zero-order valence-electron chi connectivity index (χ0n) is 19.6. The van der Waals surface area contributed by atoms with E-state index >= 15 is 0 Å². The Kier molecular flexibility index (Phi) is 4.94. The van der Waals surface area contributed by atoms with Gasteiger partial charge in [0.2, 0.25) is 0 Å². The molecule has 2 spiro atoms. The molecule has 0 amide bonds. The molecular formula is C27H34O6. The van der Waals surface area contributed by atoms with Gasteiger partial charge in [0.1, 0.15) is 17.0 Å². The molecule has 0 N–H and O–H groups in total. The average Bonchev–Trinajstić information content (AvgIpc) is 3.17. The summed E-state index contributed by atoms with van der Waals surface area (Å²) in [6.45, 7) is 1.42. The van der Waals surface area contributed by atoms with Crippen LogP contribution in [-0.4, -0.2) is 30.3 Å². The van der Waals surface area contributed by atoms with Crippen molar-refractivity contribution in [3.05, 3.63) is 29.8 Å². The summed E-state index contributed by atoms with van der Waals surface area (Å²) in [5.41, 5.74) is 0.601. The quantitative estimate of drug-likeness (QED) is 0.360. The SMILES string of the molecule is COC(=O)C12CC3CC(C1)[C@]1(C[C@]4(CC[C@H](c5ccc(OC(C)=O)cc5)CC4)OO1)C(C3)C2. The molecule has 33 heavy (non-hydrogen) atoms. The molecule has 1 aliphatic heterocycles. The second kappa shape index (κ2) is 7.54. The summed E-state index contributed by atoms with van der Waals surface area (Å²) in [7, 11) is 1.53. The van der Waals surface area contributed by atoms with Gasteiger partial charge in [0, 0.05) is 13.3 Å². The molecule has 1 saturated heterocycles. The highest BCUT2D eigenvalue weighted by Crippen LogP contribution is 2.69. The topological polar surface area (TPSA) is 71.1 Å². The number of esters is 2. The highest BCUT2D eigenvalue weighted by Gasteiger charge is 2.70. The van der Waals surface area contributed by atoms with Crippen molar-refractivity contribution in [3.63, 3.8) is 0 Å². The number of hydrogen-bond acceptors (Lipinski definition) is 6. The van der Waals surface area contributed by atoms with Gasteiger partial charge in [-0.3, -0.25) is 9.59 Å². The Bertz CT molecular complexity index is 928. The lowest BCUT2D eigenvalue weighted by molar-refractivity contribution is -0.387. The summed E-state index contributed by atoms with van der Waals surface area (Å²) in [6, 6.07) is 7.94. The maximum absolute atomic E-state index is 12.7. The molecule has 2 unspecified atom stereocenters. The van der Waals surface area contributed by atoms with E-state index in [2.05, 4.69) is 12.1 Å². The summed E-state index contributed by atoms with van der Waals surface area (Å²) in [5.74, 6) is 2.20. The fourth-order valence-electron chi connectivity index (χ4n) is 8.39. The summed E-state index contributed by atoms with van der Waals surface area (Å²) >= 11 is 0. The number of methoxy groups -OCH3 is 1. The minimum Gasteiger partial charge on any atom is -0.469 e. The first-order valence-electron chi connectivity index (χ1n) is 12.6. The van der Waals surface area contributed by atoms with Crippen LogP contribution < -0.4 is 4.74 Å². The van der Waals surface area contributed by atoms with Crippen molar-refractivity contribution in [2.45, 2.75) is 88.3 Å². The van der Waals surface area contributed by atoms with Crippen LogP contribution in [0.15, 0.2) is 24.3 Å². The third-order valence-corrected chi connectivity index (χ3v) is 9.67. The highest BCUT2D eigenvalue weighted by atomic mass is 17.2. The van der Waals surface area contributed by atoms with Crippen LogP contribution in [-0.2, 0) is 24.1 Å². The zero-order chi connectivity index (χ0) is 22.8. The Hall–Kier alpha value is -1.92. The maximum Gasteiger partial charge on any atom is 0.311 e. The van der Waals surface area contributed by atoms with Gasteiger partial charge in [-0.2, -0.15) is 0 Å².